The van der Waals surface area contributed by atoms with E-state index in [1.807, 2.05) is 37.3 Å². The van der Waals surface area contributed by atoms with Crippen molar-refractivity contribution in [1.82, 2.24) is 5.32 Å². The average Bonchev–Trinajstić information content (AvgIpc) is 2.75. The summed E-state index contributed by atoms with van der Waals surface area (Å²) < 4.78 is 9.46. The highest BCUT2D eigenvalue weighted by Gasteiger charge is 2.20. The third-order valence-corrected chi connectivity index (χ3v) is 4.24. The predicted molar refractivity (Wildman–Crippen MR) is 107 cm³/mol. The van der Waals surface area contributed by atoms with Gasteiger partial charge in [0.05, 0.1) is 23.2 Å². The lowest BCUT2D eigenvalue weighted by atomic mass is 10.1. The van der Waals surface area contributed by atoms with Gasteiger partial charge in [0, 0.05) is 18.2 Å². The zero-order chi connectivity index (χ0) is 22.1. The van der Waals surface area contributed by atoms with Gasteiger partial charge in [0.15, 0.2) is 6.61 Å². The van der Waals surface area contributed by atoms with Crippen LogP contribution in [0, 0.1) is 10.1 Å². The summed E-state index contributed by atoms with van der Waals surface area (Å²) in [5.41, 5.74) is 0.285. The van der Waals surface area contributed by atoms with Gasteiger partial charge in [-0.2, -0.15) is 0 Å². The van der Waals surface area contributed by atoms with E-state index in [4.69, 9.17) is 4.74 Å². The van der Waals surface area contributed by atoms with Gasteiger partial charge in [-0.15, -0.1) is 0 Å². The van der Waals surface area contributed by atoms with Crippen LogP contribution in [0.25, 0.3) is 0 Å². The molecule has 1 N–H and O–H groups in total. The van der Waals surface area contributed by atoms with Crippen molar-refractivity contribution in [3.8, 4) is 0 Å². The van der Waals surface area contributed by atoms with Gasteiger partial charge in [-0.3, -0.25) is 14.9 Å². The lowest BCUT2D eigenvalue weighted by molar-refractivity contribution is -0.384. The first-order valence-corrected chi connectivity index (χ1v) is 9.18. The molecule has 1 amide bonds. The maximum atomic E-state index is 12.2. The number of amides is 1. The molecule has 1 atom stereocenters. The molecule has 0 heterocycles. The van der Waals surface area contributed by atoms with Crippen molar-refractivity contribution in [2.45, 2.75) is 25.8 Å². The summed E-state index contributed by atoms with van der Waals surface area (Å²) in [6.07, 6.45) is 1.49. The van der Waals surface area contributed by atoms with Crippen LogP contribution in [0.4, 0.5) is 5.69 Å². The number of esters is 2. The van der Waals surface area contributed by atoms with E-state index in [-0.39, 0.29) is 17.2 Å². The Kier molecular flexibility index (Phi) is 8.04. The van der Waals surface area contributed by atoms with Gasteiger partial charge in [-0.25, -0.2) is 9.59 Å². The topological polar surface area (TPSA) is 125 Å². The molecule has 158 valence electrons. The number of nitrogens with one attached hydrogen (secondary N) is 1. The maximum absolute atomic E-state index is 12.2. The highest BCUT2D eigenvalue weighted by Crippen LogP contribution is 2.19. The summed E-state index contributed by atoms with van der Waals surface area (Å²) in [6.45, 7) is 1.29. The molecule has 0 aliphatic rings. The Morgan fingerprint density at radius 2 is 1.70 bits per heavy atom. The first kappa shape index (κ1) is 22.5. The Hall–Kier alpha value is -3.75. The van der Waals surface area contributed by atoms with Gasteiger partial charge in [-0.05, 0) is 31.4 Å². The fourth-order valence-electron chi connectivity index (χ4n) is 2.70. The summed E-state index contributed by atoms with van der Waals surface area (Å²) in [7, 11) is 1.11. The lowest BCUT2D eigenvalue weighted by Crippen LogP contribution is -2.36. The van der Waals surface area contributed by atoms with Gasteiger partial charge >= 0.3 is 11.9 Å². The zero-order valence-corrected chi connectivity index (χ0v) is 16.6. The molecule has 0 fully saturated rings. The molecular weight excluding hydrogens is 392 g/mol. The maximum Gasteiger partial charge on any atom is 0.338 e. The minimum Gasteiger partial charge on any atom is -0.465 e. The Balaban J connectivity index is 1.91. The van der Waals surface area contributed by atoms with Crippen LogP contribution in [-0.2, 0) is 20.7 Å². The number of ether oxygens (including phenoxy) is 2. The van der Waals surface area contributed by atoms with Gasteiger partial charge in [-0.1, -0.05) is 30.3 Å². The molecule has 0 unspecified atom stereocenters. The van der Waals surface area contributed by atoms with E-state index in [0.29, 0.717) is 6.42 Å². The van der Waals surface area contributed by atoms with E-state index >= 15 is 0 Å². The molecule has 0 saturated heterocycles. The largest absolute Gasteiger partial charge is 0.465 e. The third-order valence-electron chi connectivity index (χ3n) is 4.24. The van der Waals surface area contributed by atoms with Crippen LogP contribution in [0.3, 0.4) is 0 Å². The average molecular weight is 414 g/mol. The number of nitro groups is 1. The van der Waals surface area contributed by atoms with Crippen LogP contribution in [0.15, 0.2) is 48.5 Å². The van der Waals surface area contributed by atoms with Crippen molar-refractivity contribution >= 4 is 23.5 Å². The van der Waals surface area contributed by atoms with Crippen molar-refractivity contribution in [2.75, 3.05) is 13.7 Å². The van der Waals surface area contributed by atoms with Crippen molar-refractivity contribution < 1.29 is 28.8 Å². The number of carbonyl (C=O) groups is 3. The van der Waals surface area contributed by atoms with Crippen LogP contribution in [0.5, 0.6) is 0 Å². The second-order valence-electron chi connectivity index (χ2n) is 6.59. The van der Waals surface area contributed by atoms with E-state index in [1.54, 1.807) is 0 Å². The van der Waals surface area contributed by atoms with Crippen LogP contribution in [0.2, 0.25) is 0 Å². The number of nitro benzene ring substituents is 1. The van der Waals surface area contributed by atoms with Crippen LogP contribution >= 0.6 is 0 Å². The summed E-state index contributed by atoms with van der Waals surface area (Å²) in [6, 6.07) is 12.7. The summed E-state index contributed by atoms with van der Waals surface area (Å²) in [4.78, 5) is 46.2. The summed E-state index contributed by atoms with van der Waals surface area (Å²) in [5, 5.41) is 13.8. The van der Waals surface area contributed by atoms with Crippen LogP contribution in [-0.4, -0.2) is 42.5 Å². The normalized spacial score (nSPS) is 11.3. The quantitative estimate of drug-likeness (QED) is 0.380. The van der Waals surface area contributed by atoms with Gasteiger partial charge in [0.1, 0.15) is 0 Å². The minimum atomic E-state index is -0.962. The highest BCUT2D eigenvalue weighted by atomic mass is 16.6. The van der Waals surface area contributed by atoms with Gasteiger partial charge < -0.3 is 14.8 Å². The molecule has 2 aromatic carbocycles. The highest BCUT2D eigenvalue weighted by molar-refractivity contribution is 5.97. The number of aryl methyl sites for hydroxylation is 1. The van der Waals surface area contributed by atoms with Crippen LogP contribution < -0.4 is 5.32 Å². The van der Waals surface area contributed by atoms with Crippen molar-refractivity contribution in [2.24, 2.45) is 0 Å². The molecule has 0 saturated carbocycles. The zero-order valence-electron chi connectivity index (χ0n) is 16.6. The first-order chi connectivity index (χ1) is 14.3. The van der Waals surface area contributed by atoms with Gasteiger partial charge in [0.2, 0.25) is 0 Å². The fourth-order valence-corrected chi connectivity index (χ4v) is 2.70. The number of methoxy groups -OCH3 is 1. The molecule has 2 aromatic rings. The molecule has 2 rings (SSSR count). The molecule has 0 bridgehead atoms. The first-order valence-electron chi connectivity index (χ1n) is 9.18. The number of hydrogen-bond donors (Lipinski definition) is 1. The molecule has 9 heteroatoms. The molecular formula is C21H22N2O7. The molecule has 0 radical (unpaired) electrons. The second kappa shape index (κ2) is 10.7. The number of nitrogens with zero attached hydrogens (tertiary/aromatic N) is 1. The Morgan fingerprint density at radius 1 is 1.07 bits per heavy atom. The number of hydrogen-bond acceptors (Lipinski definition) is 7. The van der Waals surface area contributed by atoms with E-state index in [2.05, 4.69) is 10.1 Å². The summed E-state index contributed by atoms with van der Waals surface area (Å²) in [5.74, 6) is -2.30. The lowest BCUT2D eigenvalue weighted by Gasteiger charge is -2.14. The van der Waals surface area contributed by atoms with Crippen molar-refractivity contribution in [3.05, 3.63) is 75.3 Å². The number of rotatable bonds is 9. The minimum absolute atomic E-state index is 0.139. The number of carbonyl (C=O) groups excluding carboxylic acids is 3. The van der Waals surface area contributed by atoms with Gasteiger partial charge in [0.25, 0.3) is 11.6 Å². The van der Waals surface area contributed by atoms with E-state index in [9.17, 15) is 24.5 Å². The third kappa shape index (κ3) is 6.69. The smallest absolute Gasteiger partial charge is 0.338 e. The van der Waals surface area contributed by atoms with Crippen molar-refractivity contribution in [1.29, 1.82) is 0 Å². The molecule has 0 spiro atoms. The molecule has 0 aliphatic carbocycles. The van der Waals surface area contributed by atoms with Crippen LogP contribution in [0.1, 0.15) is 39.6 Å². The van der Waals surface area contributed by atoms with E-state index in [0.717, 1.165) is 37.3 Å². The molecule has 9 nitrogen and oxygen atoms in total. The predicted octanol–water partition coefficient (Wildman–Crippen LogP) is 2.68. The number of non-ortho nitro benzene ring substituents is 1. The van der Waals surface area contributed by atoms with E-state index < -0.39 is 35.1 Å². The molecule has 30 heavy (non-hydrogen) atoms. The number of benzene rings is 2. The summed E-state index contributed by atoms with van der Waals surface area (Å²) >= 11 is 0. The Morgan fingerprint density at radius 3 is 2.30 bits per heavy atom. The Labute approximate surface area is 173 Å². The standard InChI is InChI=1S/C21H22N2O7/c1-14(8-9-15-6-4-3-5-7-15)22-19(24)13-30-21(26)17-10-16(20(25)29-2)11-18(12-17)23(27)28/h3-7,10-12,14H,8-9,13H2,1-2H3,(H,22,24)/t14-/m0/s1. The monoisotopic (exact) mass is 414 g/mol. The van der Waals surface area contributed by atoms with Crippen molar-refractivity contribution in [3.63, 3.8) is 0 Å². The molecule has 0 aliphatic heterocycles. The fraction of sp³-hybridized carbons (Fsp3) is 0.286. The molecule has 0 aromatic heterocycles. The second-order valence-corrected chi connectivity index (χ2v) is 6.59. The Bertz CT molecular complexity index is 928. The SMILES string of the molecule is COC(=O)c1cc(C(=O)OCC(=O)N[C@@H](C)CCc2ccccc2)cc([N+](=O)[O-])c1. The van der Waals surface area contributed by atoms with E-state index in [1.165, 1.54) is 0 Å².